The minimum Gasteiger partial charge on any atom is -0.341 e. The van der Waals surface area contributed by atoms with Crippen LogP contribution in [0.1, 0.15) is 31.2 Å². The van der Waals surface area contributed by atoms with E-state index in [1.165, 1.54) is 24.9 Å². The van der Waals surface area contributed by atoms with Gasteiger partial charge in [0.05, 0.1) is 0 Å². The van der Waals surface area contributed by atoms with E-state index in [-0.39, 0.29) is 5.54 Å². The first-order chi connectivity index (χ1) is 10.1. The van der Waals surface area contributed by atoms with Gasteiger partial charge in [-0.3, -0.25) is 9.69 Å². The number of carbonyl (C=O) groups is 1. The molecular formula is C17H23ClN2O. The number of likely N-dealkylation sites (tertiary alicyclic amines) is 2. The third-order valence-electron chi connectivity index (χ3n) is 5.17. The van der Waals surface area contributed by atoms with Crippen molar-refractivity contribution >= 4 is 17.5 Å². The number of likely N-dealkylation sites (N-methyl/N-ethyl adjacent to an activating group) is 1. The Morgan fingerprint density at radius 3 is 2.62 bits per heavy atom. The van der Waals surface area contributed by atoms with Crippen LogP contribution in [0.4, 0.5) is 0 Å². The van der Waals surface area contributed by atoms with Gasteiger partial charge in [-0.1, -0.05) is 23.7 Å². The molecule has 1 aromatic rings. The first kappa shape index (κ1) is 14.9. The molecule has 0 radical (unpaired) electrons. The predicted octanol–water partition coefficient (Wildman–Crippen LogP) is 2.97. The van der Waals surface area contributed by atoms with Gasteiger partial charge in [0, 0.05) is 36.6 Å². The van der Waals surface area contributed by atoms with E-state index in [2.05, 4.69) is 16.8 Å². The fourth-order valence-electron chi connectivity index (χ4n) is 3.55. The summed E-state index contributed by atoms with van der Waals surface area (Å²) in [6, 6.07) is 7.79. The minimum atomic E-state index is 0.286. The fourth-order valence-corrected chi connectivity index (χ4v) is 3.68. The van der Waals surface area contributed by atoms with Crippen LogP contribution in [-0.2, 0) is 11.2 Å². The fraction of sp³-hybridized carbons (Fsp3) is 0.588. The molecule has 2 aliphatic heterocycles. The maximum Gasteiger partial charge on any atom is 0.222 e. The lowest BCUT2D eigenvalue weighted by atomic mass is 9.78. The summed E-state index contributed by atoms with van der Waals surface area (Å²) in [7, 11) is 2.19. The highest BCUT2D eigenvalue weighted by molar-refractivity contribution is 6.30. The zero-order valence-corrected chi connectivity index (χ0v) is 13.4. The molecule has 2 aliphatic rings. The molecule has 1 unspecified atom stereocenters. The second kappa shape index (κ2) is 5.98. The Hall–Kier alpha value is -1.06. The summed E-state index contributed by atoms with van der Waals surface area (Å²) in [4.78, 5) is 17.0. The number of piperidine rings is 1. The number of benzene rings is 1. The first-order valence-corrected chi connectivity index (χ1v) is 8.20. The topological polar surface area (TPSA) is 23.6 Å². The third kappa shape index (κ3) is 3.09. The molecule has 1 amide bonds. The van der Waals surface area contributed by atoms with Crippen molar-refractivity contribution in [3.8, 4) is 0 Å². The van der Waals surface area contributed by atoms with Crippen molar-refractivity contribution in [3.05, 3.63) is 34.9 Å². The number of rotatable bonds is 3. The maximum atomic E-state index is 12.5. The minimum absolute atomic E-state index is 0.286. The largest absolute Gasteiger partial charge is 0.341 e. The summed E-state index contributed by atoms with van der Waals surface area (Å²) in [6.45, 7) is 3.02. The van der Waals surface area contributed by atoms with Crippen molar-refractivity contribution in [2.24, 2.45) is 0 Å². The molecule has 3 rings (SSSR count). The van der Waals surface area contributed by atoms with Crippen molar-refractivity contribution in [3.63, 3.8) is 0 Å². The van der Waals surface area contributed by atoms with Gasteiger partial charge in [0.2, 0.25) is 5.91 Å². The third-order valence-corrected chi connectivity index (χ3v) is 5.42. The summed E-state index contributed by atoms with van der Waals surface area (Å²) >= 11 is 5.88. The monoisotopic (exact) mass is 306 g/mol. The van der Waals surface area contributed by atoms with Crippen molar-refractivity contribution in [2.75, 3.05) is 26.7 Å². The zero-order chi connectivity index (χ0) is 14.9. The van der Waals surface area contributed by atoms with Crippen molar-refractivity contribution in [2.45, 2.75) is 37.6 Å². The van der Waals surface area contributed by atoms with Crippen molar-refractivity contribution in [1.82, 2.24) is 9.80 Å². The van der Waals surface area contributed by atoms with Gasteiger partial charge < -0.3 is 4.90 Å². The van der Waals surface area contributed by atoms with Gasteiger partial charge in [0.15, 0.2) is 0 Å². The SMILES string of the molecule is CN1CCC12CCCN(C(=O)CCc1ccc(Cl)cc1)C2. The Morgan fingerprint density at radius 1 is 1.24 bits per heavy atom. The molecule has 0 bridgehead atoms. The molecular weight excluding hydrogens is 284 g/mol. The van der Waals surface area contributed by atoms with Crippen molar-refractivity contribution in [1.29, 1.82) is 0 Å². The second-order valence-corrected chi connectivity index (χ2v) is 6.88. The van der Waals surface area contributed by atoms with Crippen LogP contribution in [0, 0.1) is 0 Å². The number of halogens is 1. The molecule has 0 saturated carbocycles. The normalized spacial score (nSPS) is 25.9. The quantitative estimate of drug-likeness (QED) is 0.857. The van der Waals surface area contributed by atoms with E-state index in [0.717, 1.165) is 31.0 Å². The van der Waals surface area contributed by atoms with E-state index >= 15 is 0 Å². The Kier molecular flexibility index (Phi) is 4.23. The van der Waals surface area contributed by atoms with Gasteiger partial charge in [0.1, 0.15) is 0 Å². The van der Waals surface area contributed by atoms with Crippen molar-refractivity contribution < 1.29 is 4.79 Å². The smallest absolute Gasteiger partial charge is 0.222 e. The molecule has 2 heterocycles. The predicted molar refractivity (Wildman–Crippen MR) is 85.6 cm³/mol. The molecule has 0 aliphatic carbocycles. The van der Waals surface area contributed by atoms with E-state index in [1.807, 2.05) is 24.3 Å². The lowest BCUT2D eigenvalue weighted by Crippen LogP contribution is -2.66. The summed E-state index contributed by atoms with van der Waals surface area (Å²) in [5.41, 5.74) is 1.47. The van der Waals surface area contributed by atoms with E-state index in [9.17, 15) is 4.79 Å². The Morgan fingerprint density at radius 2 is 2.00 bits per heavy atom. The number of hydrogen-bond donors (Lipinski definition) is 0. The van der Waals surface area contributed by atoms with Crippen LogP contribution >= 0.6 is 11.6 Å². The highest BCUT2D eigenvalue weighted by Crippen LogP contribution is 2.37. The van der Waals surface area contributed by atoms with Gasteiger partial charge in [-0.05, 0) is 50.4 Å². The molecule has 2 saturated heterocycles. The maximum absolute atomic E-state index is 12.5. The van der Waals surface area contributed by atoms with Crippen LogP contribution in [0.15, 0.2) is 24.3 Å². The molecule has 2 fully saturated rings. The second-order valence-electron chi connectivity index (χ2n) is 6.44. The van der Waals surface area contributed by atoms with Crippen LogP contribution in [-0.4, -0.2) is 47.9 Å². The van der Waals surface area contributed by atoms with Crippen LogP contribution in [0.25, 0.3) is 0 Å². The van der Waals surface area contributed by atoms with Gasteiger partial charge in [-0.15, -0.1) is 0 Å². The van der Waals surface area contributed by atoms with E-state index in [1.54, 1.807) is 0 Å². The Bertz CT molecular complexity index is 516. The van der Waals surface area contributed by atoms with Gasteiger partial charge in [-0.25, -0.2) is 0 Å². The highest BCUT2D eigenvalue weighted by atomic mass is 35.5. The Labute approximate surface area is 131 Å². The van der Waals surface area contributed by atoms with Crippen LogP contribution in [0.3, 0.4) is 0 Å². The lowest BCUT2D eigenvalue weighted by Gasteiger charge is -2.55. The molecule has 0 aromatic heterocycles. The summed E-state index contributed by atoms with van der Waals surface area (Å²) in [6.07, 6.45) is 5.02. The van der Waals surface area contributed by atoms with E-state index in [0.29, 0.717) is 12.3 Å². The number of nitrogens with zero attached hydrogens (tertiary/aromatic N) is 2. The molecule has 1 aromatic carbocycles. The standard InChI is InChI=1S/C17H23ClN2O/c1-19-12-10-17(19)9-2-11-20(13-17)16(21)8-5-14-3-6-15(18)7-4-14/h3-4,6-7H,2,5,8-13H2,1H3. The molecule has 0 N–H and O–H groups in total. The number of aryl methyl sites for hydroxylation is 1. The molecule has 3 nitrogen and oxygen atoms in total. The molecule has 4 heteroatoms. The number of carbonyl (C=O) groups excluding carboxylic acids is 1. The number of hydrogen-bond acceptors (Lipinski definition) is 2. The molecule has 114 valence electrons. The van der Waals surface area contributed by atoms with E-state index < -0.39 is 0 Å². The average molecular weight is 307 g/mol. The Balaban J connectivity index is 1.54. The molecule has 1 spiro atoms. The van der Waals surface area contributed by atoms with E-state index in [4.69, 9.17) is 11.6 Å². The molecule has 21 heavy (non-hydrogen) atoms. The first-order valence-electron chi connectivity index (χ1n) is 7.83. The van der Waals surface area contributed by atoms with Crippen LogP contribution in [0.5, 0.6) is 0 Å². The van der Waals surface area contributed by atoms with Crippen LogP contribution < -0.4 is 0 Å². The lowest BCUT2D eigenvalue weighted by molar-refractivity contribution is -0.138. The summed E-state index contributed by atoms with van der Waals surface area (Å²) < 4.78 is 0. The average Bonchev–Trinajstić information content (AvgIpc) is 2.52. The molecule has 1 atom stereocenters. The number of amides is 1. The van der Waals surface area contributed by atoms with Gasteiger partial charge >= 0.3 is 0 Å². The van der Waals surface area contributed by atoms with Crippen LogP contribution in [0.2, 0.25) is 5.02 Å². The highest BCUT2D eigenvalue weighted by Gasteiger charge is 2.45. The zero-order valence-electron chi connectivity index (χ0n) is 12.6. The summed E-state index contributed by atoms with van der Waals surface area (Å²) in [5.74, 6) is 0.296. The van der Waals surface area contributed by atoms with Gasteiger partial charge in [0.25, 0.3) is 0 Å². The summed E-state index contributed by atoms with van der Waals surface area (Å²) in [5, 5.41) is 0.746. The van der Waals surface area contributed by atoms with Gasteiger partial charge in [-0.2, -0.15) is 0 Å².